The van der Waals surface area contributed by atoms with Crippen LogP contribution in [0.2, 0.25) is 0 Å². The highest BCUT2D eigenvalue weighted by atomic mass is 15.3. The van der Waals surface area contributed by atoms with E-state index in [0.717, 1.165) is 11.3 Å². The van der Waals surface area contributed by atoms with E-state index in [0.29, 0.717) is 0 Å². The van der Waals surface area contributed by atoms with E-state index in [2.05, 4.69) is 39.7 Å². The van der Waals surface area contributed by atoms with Crippen molar-refractivity contribution < 1.29 is 0 Å². The summed E-state index contributed by atoms with van der Waals surface area (Å²) in [4.78, 5) is 0. The summed E-state index contributed by atoms with van der Waals surface area (Å²) in [6.45, 7) is 0. The minimum absolute atomic E-state index is 0.848. The fourth-order valence-corrected chi connectivity index (χ4v) is 1.74. The number of aromatic nitrogens is 3. The fraction of sp³-hybridized carbons (Fsp3) is 0. The maximum absolute atomic E-state index is 3.99. The second-order valence-electron chi connectivity index (χ2n) is 3.57. The van der Waals surface area contributed by atoms with Crippen LogP contribution in [0.15, 0.2) is 54.7 Å². The van der Waals surface area contributed by atoms with Crippen molar-refractivity contribution in [3.05, 3.63) is 54.7 Å². The van der Waals surface area contributed by atoms with E-state index in [-0.39, 0.29) is 0 Å². The van der Waals surface area contributed by atoms with Gasteiger partial charge in [-0.15, -0.1) is 10.2 Å². The van der Waals surface area contributed by atoms with Crippen LogP contribution >= 0.6 is 0 Å². The SMILES string of the molecule is c1ccc2cc(-c3ccnnn3)ccc2c1. The van der Waals surface area contributed by atoms with Crippen LogP contribution in [-0.2, 0) is 0 Å². The molecule has 0 bridgehead atoms. The molecule has 0 fully saturated rings. The normalized spacial score (nSPS) is 10.5. The van der Waals surface area contributed by atoms with E-state index >= 15 is 0 Å². The first kappa shape index (κ1) is 8.97. The van der Waals surface area contributed by atoms with Gasteiger partial charge in [0.1, 0.15) is 0 Å². The molecule has 76 valence electrons. The molecule has 2 aromatic carbocycles. The Hall–Kier alpha value is -2.29. The summed E-state index contributed by atoms with van der Waals surface area (Å²) in [5, 5.41) is 13.7. The van der Waals surface area contributed by atoms with Crippen molar-refractivity contribution in [3.63, 3.8) is 0 Å². The topological polar surface area (TPSA) is 38.7 Å². The molecule has 0 radical (unpaired) electrons. The van der Waals surface area contributed by atoms with Crippen LogP contribution in [-0.4, -0.2) is 15.4 Å². The molecule has 0 saturated heterocycles. The Morgan fingerprint density at radius 1 is 0.812 bits per heavy atom. The third kappa shape index (κ3) is 1.52. The molecule has 3 nitrogen and oxygen atoms in total. The number of nitrogens with zero attached hydrogens (tertiary/aromatic N) is 3. The zero-order valence-electron chi connectivity index (χ0n) is 8.54. The lowest BCUT2D eigenvalue weighted by molar-refractivity contribution is 0.871. The van der Waals surface area contributed by atoms with Gasteiger partial charge in [-0.05, 0) is 28.1 Å². The number of benzene rings is 2. The van der Waals surface area contributed by atoms with Crippen molar-refractivity contribution in [2.75, 3.05) is 0 Å². The van der Waals surface area contributed by atoms with Gasteiger partial charge in [0.25, 0.3) is 0 Å². The van der Waals surface area contributed by atoms with Crippen molar-refractivity contribution in [2.45, 2.75) is 0 Å². The molecule has 3 aromatic rings. The average Bonchev–Trinajstić information content (AvgIpc) is 2.39. The predicted molar refractivity (Wildman–Crippen MR) is 62.8 cm³/mol. The fourth-order valence-electron chi connectivity index (χ4n) is 1.74. The Morgan fingerprint density at radius 2 is 1.69 bits per heavy atom. The molecule has 3 rings (SSSR count). The molecule has 16 heavy (non-hydrogen) atoms. The van der Waals surface area contributed by atoms with Crippen molar-refractivity contribution in [1.29, 1.82) is 0 Å². The first-order valence-corrected chi connectivity index (χ1v) is 5.07. The lowest BCUT2D eigenvalue weighted by Gasteiger charge is -2.01. The highest BCUT2D eigenvalue weighted by Crippen LogP contribution is 2.21. The van der Waals surface area contributed by atoms with Gasteiger partial charge < -0.3 is 0 Å². The van der Waals surface area contributed by atoms with Crippen LogP contribution in [0.4, 0.5) is 0 Å². The predicted octanol–water partition coefficient (Wildman–Crippen LogP) is 2.69. The Bertz CT molecular complexity index is 620. The minimum atomic E-state index is 0.848. The average molecular weight is 207 g/mol. The molecule has 0 atom stereocenters. The lowest BCUT2D eigenvalue weighted by Crippen LogP contribution is -1.88. The van der Waals surface area contributed by atoms with Gasteiger partial charge in [0.05, 0.1) is 11.9 Å². The third-order valence-corrected chi connectivity index (χ3v) is 2.55. The molecule has 0 spiro atoms. The molecule has 0 N–H and O–H groups in total. The summed E-state index contributed by atoms with van der Waals surface area (Å²) in [6, 6.07) is 16.4. The van der Waals surface area contributed by atoms with E-state index in [9.17, 15) is 0 Å². The maximum atomic E-state index is 3.99. The van der Waals surface area contributed by atoms with Crippen molar-refractivity contribution in [3.8, 4) is 11.3 Å². The molecule has 3 heteroatoms. The molecular weight excluding hydrogens is 198 g/mol. The van der Waals surface area contributed by atoms with Gasteiger partial charge in [-0.25, -0.2) is 0 Å². The number of hydrogen-bond acceptors (Lipinski definition) is 3. The summed E-state index contributed by atoms with van der Waals surface area (Å²) in [5.74, 6) is 0. The first-order valence-electron chi connectivity index (χ1n) is 5.07. The molecule has 0 amide bonds. The Morgan fingerprint density at radius 3 is 2.50 bits per heavy atom. The summed E-state index contributed by atoms with van der Waals surface area (Å²) < 4.78 is 0. The summed E-state index contributed by atoms with van der Waals surface area (Å²) >= 11 is 0. The molecule has 0 aliphatic carbocycles. The van der Waals surface area contributed by atoms with Crippen molar-refractivity contribution >= 4 is 10.8 Å². The van der Waals surface area contributed by atoms with Gasteiger partial charge in [0, 0.05) is 5.56 Å². The van der Waals surface area contributed by atoms with Gasteiger partial charge >= 0.3 is 0 Å². The molecule has 1 heterocycles. The third-order valence-electron chi connectivity index (χ3n) is 2.55. The minimum Gasteiger partial charge on any atom is -0.139 e. The first-order chi connectivity index (χ1) is 7.93. The molecule has 0 saturated carbocycles. The van der Waals surface area contributed by atoms with E-state index in [1.54, 1.807) is 6.20 Å². The highest BCUT2D eigenvalue weighted by molar-refractivity contribution is 5.86. The van der Waals surface area contributed by atoms with Crippen LogP contribution < -0.4 is 0 Å². The zero-order valence-corrected chi connectivity index (χ0v) is 8.54. The summed E-state index contributed by atoms with van der Waals surface area (Å²) in [5.41, 5.74) is 1.91. The standard InChI is InChI=1S/C13H9N3/c1-2-4-11-9-12(6-5-10(11)3-1)13-7-8-14-16-15-13/h1-9H. The van der Waals surface area contributed by atoms with Crippen LogP contribution in [0.1, 0.15) is 0 Å². The van der Waals surface area contributed by atoms with Gasteiger partial charge in [-0.2, -0.15) is 0 Å². The van der Waals surface area contributed by atoms with Crippen molar-refractivity contribution in [2.24, 2.45) is 0 Å². The van der Waals surface area contributed by atoms with Crippen LogP contribution in [0, 0.1) is 0 Å². The van der Waals surface area contributed by atoms with E-state index in [1.165, 1.54) is 10.8 Å². The van der Waals surface area contributed by atoms with Crippen molar-refractivity contribution in [1.82, 2.24) is 15.4 Å². The monoisotopic (exact) mass is 207 g/mol. The second-order valence-corrected chi connectivity index (χ2v) is 3.57. The van der Waals surface area contributed by atoms with Gasteiger partial charge in [-0.3, -0.25) is 0 Å². The smallest absolute Gasteiger partial charge is 0.0963 e. The van der Waals surface area contributed by atoms with E-state index < -0.39 is 0 Å². The lowest BCUT2D eigenvalue weighted by atomic mass is 10.1. The summed E-state index contributed by atoms with van der Waals surface area (Å²) in [7, 11) is 0. The second kappa shape index (κ2) is 3.70. The molecule has 1 aromatic heterocycles. The molecule has 0 aliphatic rings. The van der Waals surface area contributed by atoms with Gasteiger partial charge in [0.15, 0.2) is 0 Å². The van der Waals surface area contributed by atoms with Crippen LogP contribution in [0.25, 0.3) is 22.0 Å². The Balaban J connectivity index is 2.19. The largest absolute Gasteiger partial charge is 0.139 e. The maximum Gasteiger partial charge on any atom is 0.0963 e. The number of rotatable bonds is 1. The Labute approximate surface area is 92.8 Å². The molecular formula is C13H9N3. The number of fused-ring (bicyclic) bond motifs is 1. The van der Waals surface area contributed by atoms with Gasteiger partial charge in [0.2, 0.25) is 0 Å². The van der Waals surface area contributed by atoms with Crippen LogP contribution in [0.5, 0.6) is 0 Å². The van der Waals surface area contributed by atoms with E-state index in [4.69, 9.17) is 0 Å². The molecule has 0 unspecified atom stereocenters. The zero-order chi connectivity index (χ0) is 10.8. The quantitative estimate of drug-likeness (QED) is 0.615. The van der Waals surface area contributed by atoms with Gasteiger partial charge in [-0.1, -0.05) is 36.4 Å². The number of hydrogen-bond donors (Lipinski definition) is 0. The van der Waals surface area contributed by atoms with E-state index in [1.807, 2.05) is 24.3 Å². The summed E-state index contributed by atoms with van der Waals surface area (Å²) in [6.07, 6.45) is 1.65. The Kier molecular flexibility index (Phi) is 2.07. The highest BCUT2D eigenvalue weighted by Gasteiger charge is 2.00. The molecule has 0 aliphatic heterocycles. The van der Waals surface area contributed by atoms with Crippen LogP contribution in [0.3, 0.4) is 0 Å².